The number of halogens is 3. The number of alkyl halides is 3. The van der Waals surface area contributed by atoms with E-state index in [9.17, 15) is 18.0 Å². The highest BCUT2D eigenvalue weighted by Crippen LogP contribution is 2.48. The Bertz CT molecular complexity index is 1080. The molecule has 3 aromatic carbocycles. The Balaban J connectivity index is 1.39. The monoisotopic (exact) mass is 440 g/mol. The first-order chi connectivity index (χ1) is 15.3. The van der Waals surface area contributed by atoms with Gasteiger partial charge in [0, 0.05) is 35.8 Å². The summed E-state index contributed by atoms with van der Waals surface area (Å²) in [7, 11) is 0. The number of benzene rings is 3. The van der Waals surface area contributed by atoms with Gasteiger partial charge in [0.05, 0.1) is 0 Å². The molecule has 1 aliphatic carbocycles. The van der Waals surface area contributed by atoms with Gasteiger partial charge in [-0.15, -0.1) is 13.2 Å². The van der Waals surface area contributed by atoms with Gasteiger partial charge in [-0.1, -0.05) is 48.5 Å². The van der Waals surface area contributed by atoms with Crippen LogP contribution in [0.4, 0.5) is 18.9 Å². The highest BCUT2D eigenvalue weighted by molar-refractivity contribution is 5.94. The Labute approximate surface area is 184 Å². The summed E-state index contributed by atoms with van der Waals surface area (Å²) in [6.45, 7) is 1.00. The first-order valence-electron chi connectivity index (χ1n) is 10.4. The molecule has 1 saturated carbocycles. The van der Waals surface area contributed by atoms with Gasteiger partial charge in [0.25, 0.3) is 5.91 Å². The molecule has 0 spiro atoms. The molecule has 32 heavy (non-hydrogen) atoms. The molecule has 4 nitrogen and oxygen atoms in total. The van der Waals surface area contributed by atoms with Gasteiger partial charge in [0.15, 0.2) is 0 Å². The fraction of sp³-hybridized carbons (Fsp3) is 0.240. The summed E-state index contributed by atoms with van der Waals surface area (Å²) in [5.74, 6) is -0.402. The van der Waals surface area contributed by atoms with Crippen LogP contribution in [-0.4, -0.2) is 18.8 Å². The molecule has 0 aromatic heterocycles. The summed E-state index contributed by atoms with van der Waals surface area (Å²) >= 11 is 0. The van der Waals surface area contributed by atoms with Crippen molar-refractivity contribution in [1.82, 2.24) is 5.32 Å². The van der Waals surface area contributed by atoms with E-state index < -0.39 is 6.36 Å². The molecule has 1 amide bonds. The second-order valence-electron chi connectivity index (χ2n) is 7.96. The van der Waals surface area contributed by atoms with Crippen molar-refractivity contribution in [3.63, 3.8) is 0 Å². The second kappa shape index (κ2) is 8.94. The van der Waals surface area contributed by atoms with Crippen LogP contribution in [0.15, 0.2) is 78.9 Å². The van der Waals surface area contributed by atoms with E-state index in [1.807, 2.05) is 48.5 Å². The number of anilines is 1. The lowest BCUT2D eigenvalue weighted by Crippen LogP contribution is -2.24. The summed E-state index contributed by atoms with van der Waals surface area (Å²) in [6, 6.07) is 23.0. The van der Waals surface area contributed by atoms with Crippen molar-refractivity contribution in [2.75, 3.05) is 11.9 Å². The lowest BCUT2D eigenvalue weighted by Gasteiger charge is -2.19. The van der Waals surface area contributed by atoms with Crippen molar-refractivity contribution in [3.8, 4) is 5.75 Å². The Morgan fingerprint density at radius 1 is 0.938 bits per heavy atom. The topological polar surface area (TPSA) is 50.4 Å². The standard InChI is InChI=1S/C25H23F3N2O2/c26-25(27,28)32-22-11-5-10-21(15-22)30-17-24(12-13-24)20-9-4-8-19(14-20)23(31)29-16-18-6-2-1-3-7-18/h1-11,14-15,30H,12-13,16-17H2,(H,29,31). The van der Waals surface area contributed by atoms with Crippen LogP contribution in [0.5, 0.6) is 5.75 Å². The van der Waals surface area contributed by atoms with Crippen molar-refractivity contribution in [2.45, 2.75) is 31.2 Å². The van der Waals surface area contributed by atoms with Crippen LogP contribution in [0, 0.1) is 0 Å². The SMILES string of the molecule is O=C(NCc1ccccc1)c1cccc(C2(CNc3cccc(OC(F)(F)F)c3)CC2)c1. The molecule has 3 aromatic rings. The molecule has 0 heterocycles. The number of hydrogen-bond donors (Lipinski definition) is 2. The van der Waals surface area contributed by atoms with Crippen molar-refractivity contribution in [3.05, 3.63) is 95.6 Å². The van der Waals surface area contributed by atoms with Crippen LogP contribution in [0.25, 0.3) is 0 Å². The Kier molecular flexibility index (Phi) is 6.08. The van der Waals surface area contributed by atoms with E-state index in [-0.39, 0.29) is 17.1 Å². The summed E-state index contributed by atoms with van der Waals surface area (Å²) < 4.78 is 41.4. The maximum atomic E-state index is 12.6. The predicted molar refractivity (Wildman–Crippen MR) is 117 cm³/mol. The summed E-state index contributed by atoms with van der Waals surface area (Å²) in [5, 5.41) is 6.16. The molecule has 0 unspecified atom stereocenters. The molecular formula is C25H23F3N2O2. The zero-order valence-electron chi connectivity index (χ0n) is 17.3. The van der Waals surface area contributed by atoms with Gasteiger partial charge < -0.3 is 15.4 Å². The van der Waals surface area contributed by atoms with E-state index in [0.29, 0.717) is 24.3 Å². The second-order valence-corrected chi connectivity index (χ2v) is 7.96. The minimum Gasteiger partial charge on any atom is -0.406 e. The average Bonchev–Trinajstić information content (AvgIpc) is 3.57. The van der Waals surface area contributed by atoms with Gasteiger partial charge in [-0.3, -0.25) is 4.79 Å². The highest BCUT2D eigenvalue weighted by atomic mass is 19.4. The number of ether oxygens (including phenoxy) is 1. The summed E-state index contributed by atoms with van der Waals surface area (Å²) in [5.41, 5.74) is 3.06. The van der Waals surface area contributed by atoms with Crippen LogP contribution in [0.1, 0.15) is 34.3 Å². The molecule has 0 bridgehead atoms. The quantitative estimate of drug-likeness (QED) is 0.475. The number of carbonyl (C=O) groups is 1. The van der Waals surface area contributed by atoms with Crippen LogP contribution in [0.2, 0.25) is 0 Å². The summed E-state index contributed by atoms with van der Waals surface area (Å²) in [4.78, 5) is 12.6. The third kappa shape index (κ3) is 5.60. The minimum atomic E-state index is -4.72. The fourth-order valence-electron chi connectivity index (χ4n) is 3.66. The maximum absolute atomic E-state index is 12.6. The molecule has 7 heteroatoms. The summed E-state index contributed by atoms with van der Waals surface area (Å²) in [6.07, 6.45) is -2.85. The Morgan fingerprint density at radius 2 is 1.69 bits per heavy atom. The molecule has 1 aliphatic rings. The smallest absolute Gasteiger partial charge is 0.406 e. The first-order valence-corrected chi connectivity index (χ1v) is 10.4. The van der Waals surface area contributed by atoms with Gasteiger partial charge in [0.2, 0.25) is 0 Å². The molecule has 2 N–H and O–H groups in total. The number of hydrogen-bond acceptors (Lipinski definition) is 3. The van der Waals surface area contributed by atoms with E-state index in [4.69, 9.17) is 0 Å². The normalized spacial score (nSPS) is 14.5. The van der Waals surface area contributed by atoms with Crippen LogP contribution in [0.3, 0.4) is 0 Å². The van der Waals surface area contributed by atoms with Gasteiger partial charge in [-0.05, 0) is 48.2 Å². The van der Waals surface area contributed by atoms with Crippen LogP contribution in [-0.2, 0) is 12.0 Å². The van der Waals surface area contributed by atoms with Gasteiger partial charge in [0.1, 0.15) is 5.75 Å². The lowest BCUT2D eigenvalue weighted by atomic mass is 9.94. The zero-order chi connectivity index (χ0) is 22.6. The fourth-order valence-corrected chi connectivity index (χ4v) is 3.66. The van der Waals surface area contributed by atoms with E-state index in [1.54, 1.807) is 12.1 Å². The van der Waals surface area contributed by atoms with Crippen molar-refractivity contribution in [2.24, 2.45) is 0 Å². The molecule has 0 saturated heterocycles. The number of amides is 1. The Hall–Kier alpha value is -3.48. The number of rotatable bonds is 8. The van der Waals surface area contributed by atoms with Crippen LogP contribution < -0.4 is 15.4 Å². The van der Waals surface area contributed by atoms with Gasteiger partial charge >= 0.3 is 6.36 Å². The zero-order valence-corrected chi connectivity index (χ0v) is 17.3. The predicted octanol–water partition coefficient (Wildman–Crippen LogP) is 5.66. The molecule has 4 rings (SSSR count). The molecule has 0 atom stereocenters. The Morgan fingerprint density at radius 3 is 2.41 bits per heavy atom. The van der Waals surface area contributed by atoms with Crippen LogP contribution >= 0.6 is 0 Å². The lowest BCUT2D eigenvalue weighted by molar-refractivity contribution is -0.274. The maximum Gasteiger partial charge on any atom is 0.573 e. The minimum absolute atomic E-state index is 0.142. The first kappa shape index (κ1) is 21.7. The molecule has 1 fully saturated rings. The average molecular weight is 440 g/mol. The van der Waals surface area contributed by atoms with E-state index >= 15 is 0 Å². The van der Waals surface area contributed by atoms with Crippen molar-refractivity contribution < 1.29 is 22.7 Å². The molecule has 166 valence electrons. The van der Waals surface area contributed by atoms with Crippen molar-refractivity contribution >= 4 is 11.6 Å². The number of carbonyl (C=O) groups excluding carboxylic acids is 1. The van der Waals surface area contributed by atoms with Gasteiger partial charge in [-0.25, -0.2) is 0 Å². The van der Waals surface area contributed by atoms with Gasteiger partial charge in [-0.2, -0.15) is 0 Å². The van der Waals surface area contributed by atoms with Crippen molar-refractivity contribution in [1.29, 1.82) is 0 Å². The molecular weight excluding hydrogens is 417 g/mol. The van der Waals surface area contributed by atoms with E-state index in [2.05, 4.69) is 15.4 Å². The highest BCUT2D eigenvalue weighted by Gasteiger charge is 2.44. The third-order valence-electron chi connectivity index (χ3n) is 5.59. The third-order valence-corrected chi connectivity index (χ3v) is 5.59. The number of nitrogens with one attached hydrogen (secondary N) is 2. The molecule has 0 radical (unpaired) electrons. The largest absolute Gasteiger partial charge is 0.573 e. The van der Waals surface area contributed by atoms with E-state index in [0.717, 1.165) is 24.0 Å². The molecule has 0 aliphatic heterocycles. The van der Waals surface area contributed by atoms with E-state index in [1.165, 1.54) is 18.2 Å².